The Hall–Kier alpha value is -1.99. The summed E-state index contributed by atoms with van der Waals surface area (Å²) in [5.41, 5.74) is 5.52. The van der Waals surface area contributed by atoms with E-state index in [-0.39, 0.29) is 12.5 Å². The van der Waals surface area contributed by atoms with Gasteiger partial charge in [-0.05, 0) is 24.4 Å². The molecule has 0 atom stereocenters. The molecule has 1 amide bonds. The number of nitrogens with one attached hydrogen (secondary N) is 1. The van der Waals surface area contributed by atoms with Crippen molar-refractivity contribution in [3.8, 4) is 0 Å². The van der Waals surface area contributed by atoms with Crippen LogP contribution in [-0.4, -0.2) is 35.2 Å². The molecule has 18 heavy (non-hydrogen) atoms. The van der Waals surface area contributed by atoms with Crippen LogP contribution in [0.15, 0.2) is 30.3 Å². The highest BCUT2D eigenvalue weighted by Crippen LogP contribution is 2.15. The number of thiocarbonyl (C=S) groups is 1. The SMILES string of the molecule is NCC(=O)O.O=C1CN(c2ccccc2)C(=S)N1. The van der Waals surface area contributed by atoms with Gasteiger partial charge < -0.3 is 21.1 Å². The molecular weight excluding hydrogens is 254 g/mol. The van der Waals surface area contributed by atoms with E-state index in [0.717, 1.165) is 5.69 Å². The van der Waals surface area contributed by atoms with Crippen LogP contribution in [0.25, 0.3) is 0 Å². The molecule has 0 radical (unpaired) electrons. The molecule has 0 bridgehead atoms. The minimum atomic E-state index is -0.968. The van der Waals surface area contributed by atoms with Crippen molar-refractivity contribution < 1.29 is 14.7 Å². The minimum absolute atomic E-state index is 0.0474. The molecule has 0 spiro atoms. The summed E-state index contributed by atoms with van der Waals surface area (Å²) in [6.07, 6.45) is 0. The molecule has 2 rings (SSSR count). The number of aliphatic carboxylic acids is 1. The average Bonchev–Trinajstić information content (AvgIpc) is 2.70. The van der Waals surface area contributed by atoms with Gasteiger partial charge in [-0.25, -0.2) is 0 Å². The van der Waals surface area contributed by atoms with E-state index in [1.807, 2.05) is 30.3 Å². The highest BCUT2D eigenvalue weighted by Gasteiger charge is 2.23. The van der Waals surface area contributed by atoms with E-state index in [1.165, 1.54) is 0 Å². The first-order chi connectivity index (χ1) is 8.54. The maximum atomic E-state index is 11.0. The molecule has 0 aromatic heterocycles. The van der Waals surface area contributed by atoms with Crippen LogP contribution in [0.2, 0.25) is 0 Å². The summed E-state index contributed by atoms with van der Waals surface area (Å²) in [4.78, 5) is 22.0. The van der Waals surface area contributed by atoms with Crippen molar-refractivity contribution in [3.63, 3.8) is 0 Å². The third-order valence-corrected chi connectivity index (χ3v) is 2.36. The highest BCUT2D eigenvalue weighted by atomic mass is 32.1. The van der Waals surface area contributed by atoms with Crippen molar-refractivity contribution >= 4 is 34.9 Å². The number of anilines is 1. The largest absolute Gasteiger partial charge is 0.480 e. The van der Waals surface area contributed by atoms with E-state index in [9.17, 15) is 9.59 Å². The normalized spacial score (nSPS) is 13.7. The summed E-state index contributed by atoms with van der Waals surface area (Å²) < 4.78 is 0. The maximum absolute atomic E-state index is 11.0. The first-order valence-corrected chi connectivity index (χ1v) is 5.53. The second-order valence-corrected chi connectivity index (χ2v) is 3.76. The number of benzene rings is 1. The lowest BCUT2D eigenvalue weighted by molar-refractivity contribution is -0.135. The van der Waals surface area contributed by atoms with Crippen LogP contribution in [0.5, 0.6) is 0 Å². The summed E-state index contributed by atoms with van der Waals surface area (Å²) in [6, 6.07) is 9.61. The Morgan fingerprint density at radius 3 is 2.39 bits per heavy atom. The molecule has 1 aromatic carbocycles. The summed E-state index contributed by atoms with van der Waals surface area (Å²) in [6.45, 7) is 0.0445. The van der Waals surface area contributed by atoms with Gasteiger partial charge in [0.1, 0.15) is 6.54 Å². The lowest BCUT2D eigenvalue weighted by Gasteiger charge is -2.14. The third-order valence-electron chi connectivity index (χ3n) is 2.04. The second kappa shape index (κ2) is 6.67. The monoisotopic (exact) mass is 267 g/mol. The van der Waals surface area contributed by atoms with Crippen molar-refractivity contribution in [2.24, 2.45) is 5.73 Å². The molecule has 96 valence electrons. The van der Waals surface area contributed by atoms with Crippen molar-refractivity contribution in [2.75, 3.05) is 18.0 Å². The zero-order valence-corrected chi connectivity index (χ0v) is 10.3. The third kappa shape index (κ3) is 4.11. The lowest BCUT2D eigenvalue weighted by Crippen LogP contribution is -2.27. The van der Waals surface area contributed by atoms with Gasteiger partial charge in [0.05, 0.1) is 6.54 Å². The number of carboxylic acids is 1. The number of nitrogens with two attached hydrogens (primary N) is 1. The number of amides is 1. The fourth-order valence-corrected chi connectivity index (χ4v) is 1.54. The number of nitrogens with zero attached hydrogens (tertiary/aromatic N) is 1. The molecule has 1 fully saturated rings. The number of rotatable bonds is 2. The Balaban J connectivity index is 0.000000280. The fourth-order valence-electron chi connectivity index (χ4n) is 1.26. The zero-order chi connectivity index (χ0) is 13.5. The van der Waals surface area contributed by atoms with Gasteiger partial charge in [0.15, 0.2) is 5.11 Å². The van der Waals surface area contributed by atoms with Crippen molar-refractivity contribution in [2.45, 2.75) is 0 Å². The Kier molecular flexibility index (Phi) is 5.22. The summed E-state index contributed by atoms with van der Waals surface area (Å²) in [5.74, 6) is -1.01. The van der Waals surface area contributed by atoms with Gasteiger partial charge in [-0.15, -0.1) is 0 Å². The molecule has 7 heteroatoms. The standard InChI is InChI=1S/C9H8N2OS.C2H5NO2/c12-8-6-11(9(13)10-8)7-4-2-1-3-5-7;3-1-2(4)5/h1-5H,6H2,(H,10,12,13);1,3H2,(H,4,5). The number of carbonyl (C=O) groups excluding carboxylic acids is 1. The second-order valence-electron chi connectivity index (χ2n) is 3.37. The fraction of sp³-hybridized carbons (Fsp3) is 0.182. The zero-order valence-electron chi connectivity index (χ0n) is 9.50. The van der Waals surface area contributed by atoms with Crippen LogP contribution >= 0.6 is 12.2 Å². The molecule has 0 aliphatic carbocycles. The molecule has 1 heterocycles. The number of carbonyl (C=O) groups is 2. The Morgan fingerprint density at radius 2 is 2.00 bits per heavy atom. The van der Waals surface area contributed by atoms with Crippen LogP contribution in [0.1, 0.15) is 0 Å². The smallest absolute Gasteiger partial charge is 0.317 e. The average molecular weight is 267 g/mol. The first-order valence-electron chi connectivity index (χ1n) is 5.13. The number of hydrogen-bond donors (Lipinski definition) is 3. The number of carboxylic acid groups (broad SMARTS) is 1. The van der Waals surface area contributed by atoms with Gasteiger partial charge in [0, 0.05) is 5.69 Å². The van der Waals surface area contributed by atoms with Gasteiger partial charge in [0.25, 0.3) is 0 Å². The highest BCUT2D eigenvalue weighted by molar-refractivity contribution is 7.80. The Bertz CT molecular complexity index is 450. The number of para-hydroxylation sites is 1. The topological polar surface area (TPSA) is 95.7 Å². The Morgan fingerprint density at radius 1 is 1.44 bits per heavy atom. The van der Waals surface area contributed by atoms with Crippen LogP contribution in [0.3, 0.4) is 0 Å². The maximum Gasteiger partial charge on any atom is 0.317 e. The molecule has 1 aliphatic heterocycles. The Labute approximate surface area is 109 Å². The molecular formula is C11H13N3O3S. The molecule has 0 saturated carbocycles. The quantitative estimate of drug-likeness (QED) is 0.650. The molecule has 4 N–H and O–H groups in total. The van der Waals surface area contributed by atoms with Crippen LogP contribution < -0.4 is 16.0 Å². The van der Waals surface area contributed by atoms with Crippen molar-refractivity contribution in [1.29, 1.82) is 0 Å². The van der Waals surface area contributed by atoms with Gasteiger partial charge in [0.2, 0.25) is 5.91 Å². The predicted molar refractivity (Wildman–Crippen MR) is 71.2 cm³/mol. The van der Waals surface area contributed by atoms with E-state index >= 15 is 0 Å². The molecule has 1 aliphatic rings. The number of hydrogen-bond acceptors (Lipinski definition) is 4. The minimum Gasteiger partial charge on any atom is -0.480 e. The van der Waals surface area contributed by atoms with Gasteiger partial charge in [-0.3, -0.25) is 9.59 Å². The van der Waals surface area contributed by atoms with E-state index in [0.29, 0.717) is 11.7 Å². The molecule has 0 unspecified atom stereocenters. The van der Waals surface area contributed by atoms with E-state index in [4.69, 9.17) is 17.3 Å². The van der Waals surface area contributed by atoms with Crippen molar-refractivity contribution in [3.05, 3.63) is 30.3 Å². The van der Waals surface area contributed by atoms with Gasteiger partial charge in [-0.1, -0.05) is 18.2 Å². The van der Waals surface area contributed by atoms with Gasteiger partial charge in [-0.2, -0.15) is 0 Å². The van der Waals surface area contributed by atoms with E-state index in [1.54, 1.807) is 4.90 Å². The predicted octanol–water partition coefficient (Wildman–Crippen LogP) is -0.0626. The van der Waals surface area contributed by atoms with Crippen molar-refractivity contribution in [1.82, 2.24) is 5.32 Å². The molecule has 1 saturated heterocycles. The lowest BCUT2D eigenvalue weighted by atomic mass is 10.3. The van der Waals surface area contributed by atoms with E-state index < -0.39 is 5.97 Å². The molecule has 6 nitrogen and oxygen atoms in total. The van der Waals surface area contributed by atoms with Crippen LogP contribution in [-0.2, 0) is 9.59 Å². The summed E-state index contributed by atoms with van der Waals surface area (Å²) in [5, 5.41) is 10.7. The van der Waals surface area contributed by atoms with Crippen LogP contribution in [0, 0.1) is 0 Å². The van der Waals surface area contributed by atoms with Crippen LogP contribution in [0.4, 0.5) is 5.69 Å². The summed E-state index contributed by atoms with van der Waals surface area (Å²) in [7, 11) is 0. The summed E-state index contributed by atoms with van der Waals surface area (Å²) >= 11 is 4.99. The molecule has 1 aromatic rings. The first kappa shape index (κ1) is 14.1. The van der Waals surface area contributed by atoms with Gasteiger partial charge >= 0.3 is 5.97 Å². The van der Waals surface area contributed by atoms with E-state index in [2.05, 4.69) is 11.1 Å².